The van der Waals surface area contributed by atoms with E-state index in [1.807, 2.05) is 6.07 Å². The van der Waals surface area contributed by atoms with Crippen LogP contribution >= 0.6 is 46.2 Å². The van der Waals surface area contributed by atoms with Crippen molar-refractivity contribution in [2.75, 3.05) is 18.6 Å². The summed E-state index contributed by atoms with van der Waals surface area (Å²) in [7, 11) is 1.32. The second-order valence-corrected chi connectivity index (χ2v) is 7.05. The number of rotatable bonds is 5. The monoisotopic (exact) mass is 293 g/mol. The first-order valence-corrected chi connectivity index (χ1v) is 7.61. The van der Waals surface area contributed by atoms with Crippen LogP contribution in [0, 0.1) is 11.3 Å². The third-order valence-corrected chi connectivity index (χ3v) is 6.26. The molecule has 0 spiro atoms. The number of esters is 1. The summed E-state index contributed by atoms with van der Waals surface area (Å²) in [6, 6.07) is 2.00. The molecule has 0 saturated heterocycles. The van der Waals surface area contributed by atoms with Crippen molar-refractivity contribution in [3.63, 3.8) is 0 Å². The quantitative estimate of drug-likeness (QED) is 0.611. The van der Waals surface area contributed by atoms with Crippen molar-refractivity contribution in [3.05, 3.63) is 8.85 Å². The Balaban J connectivity index is 2.67. The molecule has 0 bridgehead atoms. The predicted octanol–water partition coefficient (Wildman–Crippen LogP) is 2.05. The summed E-state index contributed by atoms with van der Waals surface area (Å²) in [5.74, 6) is 0.161. The van der Waals surface area contributed by atoms with E-state index in [1.165, 1.54) is 30.6 Å². The fourth-order valence-corrected chi connectivity index (χ4v) is 5.45. The summed E-state index contributed by atoms with van der Waals surface area (Å²) >= 11 is 4.82. The van der Waals surface area contributed by atoms with Gasteiger partial charge in [0.25, 0.3) is 4.06 Å². The average Bonchev–Trinajstić information content (AvgIpc) is 2.63. The van der Waals surface area contributed by atoms with E-state index in [-0.39, 0.29) is 15.8 Å². The molecule has 1 aromatic heterocycles. The zero-order valence-corrected chi connectivity index (χ0v) is 11.5. The lowest BCUT2D eigenvalue weighted by Gasteiger charge is -1.99. The Labute approximate surface area is 109 Å². The van der Waals surface area contributed by atoms with Crippen LogP contribution in [0.2, 0.25) is 0 Å². The Hall–Kier alpha value is -0.490. The van der Waals surface area contributed by atoms with Crippen LogP contribution in [0.25, 0.3) is 0 Å². The predicted molar refractivity (Wildman–Crippen MR) is 67.5 cm³/mol. The lowest BCUT2D eigenvalue weighted by molar-refractivity contribution is -0.137. The van der Waals surface area contributed by atoms with E-state index in [0.29, 0.717) is 5.75 Å². The highest BCUT2D eigenvalue weighted by atomic mass is 32.2. The number of carbonyl (C=O) groups is 1. The molecule has 0 aliphatic heterocycles. The van der Waals surface area contributed by atoms with Crippen molar-refractivity contribution in [1.29, 1.82) is 5.26 Å². The number of hydrogen-bond acceptors (Lipinski definition) is 8. The van der Waals surface area contributed by atoms with Crippen molar-refractivity contribution in [1.82, 2.24) is 0 Å². The highest BCUT2D eigenvalue weighted by Crippen LogP contribution is 2.36. The number of nitriles is 1. The lowest BCUT2D eigenvalue weighted by atomic mass is 10.8. The van der Waals surface area contributed by atoms with E-state index < -0.39 is 0 Å². The van der Waals surface area contributed by atoms with Crippen LogP contribution in [0.3, 0.4) is 0 Å². The second kappa shape index (κ2) is 6.96. The third-order valence-electron chi connectivity index (χ3n) is 1.34. The van der Waals surface area contributed by atoms with Gasteiger partial charge in [0.1, 0.15) is 0 Å². The van der Waals surface area contributed by atoms with E-state index in [2.05, 4.69) is 4.74 Å². The van der Waals surface area contributed by atoms with Gasteiger partial charge in [-0.3, -0.25) is 9.59 Å². The summed E-state index contributed by atoms with van der Waals surface area (Å²) in [5.41, 5.74) is 0. The molecule has 1 rings (SSSR count). The summed E-state index contributed by atoms with van der Waals surface area (Å²) in [6.07, 6.45) is 0. The van der Waals surface area contributed by atoms with Crippen molar-refractivity contribution < 1.29 is 9.53 Å². The maximum Gasteiger partial charge on any atom is 0.316 e. The summed E-state index contributed by atoms with van der Waals surface area (Å²) in [4.78, 5) is 22.1. The van der Waals surface area contributed by atoms with Gasteiger partial charge in [0.05, 0.1) is 33.1 Å². The van der Waals surface area contributed by atoms with Crippen LogP contribution in [0.15, 0.2) is 13.2 Å². The molecular formula is C8H7NO3S4. The first kappa shape index (κ1) is 13.6. The lowest BCUT2D eigenvalue weighted by Crippen LogP contribution is -2.02. The number of nitrogens with zero attached hydrogens (tertiary/aromatic N) is 1. The molecule has 0 unspecified atom stereocenters. The van der Waals surface area contributed by atoms with Crippen LogP contribution in [-0.2, 0) is 9.53 Å². The fraction of sp³-hybridized carbons (Fsp3) is 0.375. The van der Waals surface area contributed by atoms with E-state index in [1.54, 1.807) is 0 Å². The second-order valence-electron chi connectivity index (χ2n) is 2.34. The minimum absolute atomic E-state index is 0.0206. The SMILES string of the molecule is COC(=O)CSc1sc(=O)sc1SCC#N. The number of methoxy groups -OCH3 is 1. The molecule has 0 aromatic carbocycles. The minimum atomic E-state index is -0.327. The molecule has 0 amide bonds. The van der Waals surface area contributed by atoms with E-state index in [9.17, 15) is 9.59 Å². The Bertz CT molecular complexity index is 459. The van der Waals surface area contributed by atoms with Gasteiger partial charge >= 0.3 is 5.97 Å². The molecule has 1 heterocycles. The van der Waals surface area contributed by atoms with Crippen molar-refractivity contribution in [2.24, 2.45) is 0 Å². The largest absolute Gasteiger partial charge is 0.468 e. The molecule has 0 aliphatic rings. The van der Waals surface area contributed by atoms with Crippen LogP contribution in [0.4, 0.5) is 0 Å². The van der Waals surface area contributed by atoms with Crippen LogP contribution in [0.5, 0.6) is 0 Å². The maximum absolute atomic E-state index is 11.2. The standard InChI is InChI=1S/C8H7NO3S4/c1-12-5(10)4-14-7-6(13-3-2-9)15-8(11)16-7/h3-4H2,1H3. The zero-order chi connectivity index (χ0) is 12.0. The molecular weight excluding hydrogens is 286 g/mol. The van der Waals surface area contributed by atoms with Gasteiger partial charge in [-0.2, -0.15) is 5.26 Å². The summed E-state index contributed by atoms with van der Waals surface area (Å²) < 4.78 is 6.09. The molecule has 0 saturated carbocycles. The zero-order valence-electron chi connectivity index (χ0n) is 8.22. The van der Waals surface area contributed by atoms with Gasteiger partial charge in [-0.05, 0) is 0 Å². The molecule has 86 valence electrons. The van der Waals surface area contributed by atoms with E-state index in [0.717, 1.165) is 31.1 Å². The van der Waals surface area contributed by atoms with E-state index >= 15 is 0 Å². The smallest absolute Gasteiger partial charge is 0.316 e. The molecule has 1 aromatic rings. The average molecular weight is 293 g/mol. The number of ether oxygens (including phenoxy) is 1. The molecule has 0 N–H and O–H groups in total. The molecule has 8 heteroatoms. The molecule has 0 aliphatic carbocycles. The number of thioether (sulfide) groups is 2. The fourth-order valence-electron chi connectivity index (χ4n) is 0.714. The molecule has 4 nitrogen and oxygen atoms in total. The Kier molecular flexibility index (Phi) is 5.90. The molecule has 0 radical (unpaired) electrons. The van der Waals surface area contributed by atoms with Crippen molar-refractivity contribution in [3.8, 4) is 6.07 Å². The Morgan fingerprint density at radius 2 is 2.06 bits per heavy atom. The summed E-state index contributed by atoms with van der Waals surface area (Å²) in [5, 5.41) is 8.46. The van der Waals surface area contributed by atoms with Gasteiger partial charge in [-0.25, -0.2) is 0 Å². The maximum atomic E-state index is 11.2. The van der Waals surface area contributed by atoms with Gasteiger partial charge in [0.15, 0.2) is 0 Å². The molecule has 0 atom stereocenters. The van der Waals surface area contributed by atoms with Crippen LogP contribution in [0.1, 0.15) is 0 Å². The van der Waals surface area contributed by atoms with Crippen molar-refractivity contribution in [2.45, 2.75) is 8.42 Å². The highest BCUT2D eigenvalue weighted by Gasteiger charge is 2.12. The van der Waals surface area contributed by atoms with Crippen LogP contribution in [-0.4, -0.2) is 24.6 Å². The molecule has 0 fully saturated rings. The first-order chi connectivity index (χ1) is 7.67. The minimum Gasteiger partial charge on any atom is -0.468 e. The van der Waals surface area contributed by atoms with Crippen molar-refractivity contribution >= 4 is 52.2 Å². The number of carbonyl (C=O) groups excluding carboxylic acids is 1. The van der Waals surface area contributed by atoms with Gasteiger partial charge in [0.2, 0.25) is 0 Å². The highest BCUT2D eigenvalue weighted by molar-refractivity contribution is 8.05. The van der Waals surface area contributed by atoms with Gasteiger partial charge in [-0.1, -0.05) is 34.4 Å². The normalized spacial score (nSPS) is 9.75. The van der Waals surface area contributed by atoms with Gasteiger partial charge in [0, 0.05) is 0 Å². The Morgan fingerprint density at radius 1 is 1.44 bits per heavy atom. The summed E-state index contributed by atoms with van der Waals surface area (Å²) in [6.45, 7) is 0. The van der Waals surface area contributed by atoms with Gasteiger partial charge in [-0.15, -0.1) is 11.8 Å². The van der Waals surface area contributed by atoms with E-state index in [4.69, 9.17) is 5.26 Å². The van der Waals surface area contributed by atoms with Crippen LogP contribution < -0.4 is 4.06 Å². The first-order valence-electron chi connectivity index (χ1n) is 4.00. The molecule has 16 heavy (non-hydrogen) atoms. The van der Waals surface area contributed by atoms with Gasteiger partial charge < -0.3 is 4.74 Å². The third kappa shape index (κ3) is 4.17. The Morgan fingerprint density at radius 3 is 2.62 bits per heavy atom. The number of hydrogen-bond donors (Lipinski definition) is 0. The topological polar surface area (TPSA) is 67.2 Å².